The van der Waals surface area contributed by atoms with Crippen LogP contribution in [-0.2, 0) is 0 Å². The average Bonchev–Trinajstić information content (AvgIpc) is 3.12. The number of carbonyl (C=O) groups is 1. The SMILES string of the molecule is COc1cc(OC)c(C(=O)/C=C/c2ccc3c(c2)OCO3)cc1OC. The van der Waals surface area contributed by atoms with Crippen LogP contribution in [0, 0.1) is 0 Å². The summed E-state index contributed by atoms with van der Waals surface area (Å²) in [4.78, 5) is 12.6. The Morgan fingerprint density at radius 3 is 2.32 bits per heavy atom. The first-order valence-corrected chi connectivity index (χ1v) is 7.58. The van der Waals surface area contributed by atoms with Crippen molar-refractivity contribution < 1.29 is 28.5 Å². The first-order chi connectivity index (χ1) is 12.2. The van der Waals surface area contributed by atoms with Crippen LogP contribution in [0.1, 0.15) is 15.9 Å². The zero-order valence-corrected chi connectivity index (χ0v) is 14.2. The van der Waals surface area contributed by atoms with Gasteiger partial charge in [-0.1, -0.05) is 12.1 Å². The van der Waals surface area contributed by atoms with Crippen molar-refractivity contribution >= 4 is 11.9 Å². The Bertz CT molecular complexity index is 825. The van der Waals surface area contributed by atoms with Gasteiger partial charge in [-0.05, 0) is 29.8 Å². The zero-order chi connectivity index (χ0) is 17.8. The molecule has 0 atom stereocenters. The fourth-order valence-corrected chi connectivity index (χ4v) is 2.50. The number of ether oxygens (including phenoxy) is 5. The Balaban J connectivity index is 1.87. The van der Waals surface area contributed by atoms with Gasteiger partial charge in [0.25, 0.3) is 0 Å². The number of hydrogen-bond acceptors (Lipinski definition) is 6. The van der Waals surface area contributed by atoms with Crippen LogP contribution in [-0.4, -0.2) is 33.9 Å². The summed E-state index contributed by atoms with van der Waals surface area (Å²) in [7, 11) is 4.54. The molecule has 0 fully saturated rings. The summed E-state index contributed by atoms with van der Waals surface area (Å²) in [6.45, 7) is 0.213. The Labute approximate surface area is 145 Å². The smallest absolute Gasteiger partial charge is 0.231 e. The second-order valence-electron chi connectivity index (χ2n) is 5.22. The predicted molar refractivity (Wildman–Crippen MR) is 92.0 cm³/mol. The fraction of sp³-hybridized carbons (Fsp3) is 0.211. The number of allylic oxidation sites excluding steroid dienone is 1. The largest absolute Gasteiger partial charge is 0.496 e. The van der Waals surface area contributed by atoms with Gasteiger partial charge in [0.2, 0.25) is 6.79 Å². The van der Waals surface area contributed by atoms with Crippen molar-refractivity contribution in [1.29, 1.82) is 0 Å². The highest BCUT2D eigenvalue weighted by molar-refractivity contribution is 6.09. The van der Waals surface area contributed by atoms with Crippen LogP contribution >= 0.6 is 0 Å². The molecule has 0 radical (unpaired) electrons. The third-order valence-electron chi connectivity index (χ3n) is 3.79. The summed E-state index contributed by atoms with van der Waals surface area (Å²) in [5.74, 6) is 2.52. The molecule has 3 rings (SSSR count). The van der Waals surface area contributed by atoms with E-state index in [1.165, 1.54) is 27.4 Å². The van der Waals surface area contributed by atoms with Crippen molar-refractivity contribution in [2.45, 2.75) is 0 Å². The molecule has 0 spiro atoms. The van der Waals surface area contributed by atoms with Gasteiger partial charge in [0, 0.05) is 6.07 Å². The van der Waals surface area contributed by atoms with E-state index in [1.54, 1.807) is 18.2 Å². The molecule has 0 aliphatic carbocycles. The number of hydrogen-bond donors (Lipinski definition) is 0. The number of benzene rings is 2. The number of rotatable bonds is 6. The molecule has 130 valence electrons. The van der Waals surface area contributed by atoms with Gasteiger partial charge in [0.15, 0.2) is 28.8 Å². The van der Waals surface area contributed by atoms with E-state index in [-0.39, 0.29) is 12.6 Å². The van der Waals surface area contributed by atoms with Crippen LogP contribution in [0.5, 0.6) is 28.7 Å². The van der Waals surface area contributed by atoms with Crippen molar-refractivity contribution in [2.24, 2.45) is 0 Å². The maximum Gasteiger partial charge on any atom is 0.231 e. The molecule has 6 heteroatoms. The first-order valence-electron chi connectivity index (χ1n) is 7.58. The van der Waals surface area contributed by atoms with E-state index in [4.69, 9.17) is 23.7 Å². The van der Waals surface area contributed by atoms with E-state index in [0.717, 1.165) is 5.56 Å². The van der Waals surface area contributed by atoms with E-state index in [2.05, 4.69) is 0 Å². The van der Waals surface area contributed by atoms with Crippen molar-refractivity contribution in [3.8, 4) is 28.7 Å². The van der Waals surface area contributed by atoms with E-state index >= 15 is 0 Å². The van der Waals surface area contributed by atoms with Gasteiger partial charge in [0.05, 0.1) is 26.9 Å². The molecule has 1 heterocycles. The third kappa shape index (κ3) is 3.38. The van der Waals surface area contributed by atoms with Crippen LogP contribution in [0.3, 0.4) is 0 Å². The maximum absolute atomic E-state index is 12.6. The van der Waals surface area contributed by atoms with Crippen LogP contribution in [0.25, 0.3) is 6.08 Å². The first kappa shape index (κ1) is 16.7. The van der Waals surface area contributed by atoms with E-state index < -0.39 is 0 Å². The molecular formula is C19H18O6. The summed E-state index contributed by atoms with van der Waals surface area (Å²) >= 11 is 0. The topological polar surface area (TPSA) is 63.2 Å². The Kier molecular flexibility index (Phi) is 4.79. The standard InChI is InChI=1S/C19H18O6/c1-21-16-10-18(23-3)17(22-2)9-13(16)14(20)6-4-12-5-7-15-19(8-12)25-11-24-15/h4-10H,11H2,1-3H3/b6-4+. The van der Waals surface area contributed by atoms with E-state index in [1.807, 2.05) is 18.2 Å². The van der Waals surface area contributed by atoms with E-state index in [0.29, 0.717) is 34.3 Å². The second-order valence-corrected chi connectivity index (χ2v) is 5.22. The Hall–Kier alpha value is -3.15. The number of methoxy groups -OCH3 is 3. The van der Waals surface area contributed by atoms with Crippen molar-refractivity contribution in [3.05, 3.63) is 47.5 Å². The number of carbonyl (C=O) groups excluding carboxylic acids is 1. The summed E-state index contributed by atoms with van der Waals surface area (Å²) in [6, 6.07) is 8.70. The summed E-state index contributed by atoms with van der Waals surface area (Å²) in [5, 5.41) is 0. The molecule has 0 amide bonds. The normalized spacial score (nSPS) is 12.3. The van der Waals surface area contributed by atoms with Crippen LogP contribution in [0.2, 0.25) is 0 Å². The lowest BCUT2D eigenvalue weighted by Crippen LogP contribution is -2.01. The minimum atomic E-state index is -0.213. The maximum atomic E-state index is 12.6. The molecule has 0 aromatic heterocycles. The molecule has 6 nitrogen and oxygen atoms in total. The lowest BCUT2D eigenvalue weighted by molar-refractivity contribution is 0.104. The molecule has 0 N–H and O–H groups in total. The second kappa shape index (κ2) is 7.17. The number of fused-ring (bicyclic) bond motifs is 1. The highest BCUT2D eigenvalue weighted by atomic mass is 16.7. The van der Waals surface area contributed by atoms with Gasteiger partial charge in [-0.15, -0.1) is 0 Å². The van der Waals surface area contributed by atoms with Crippen LogP contribution in [0.4, 0.5) is 0 Å². The summed E-state index contributed by atoms with van der Waals surface area (Å²) < 4.78 is 26.4. The van der Waals surface area contributed by atoms with Gasteiger partial charge in [0.1, 0.15) is 5.75 Å². The van der Waals surface area contributed by atoms with Crippen LogP contribution < -0.4 is 23.7 Å². The van der Waals surface area contributed by atoms with Crippen molar-refractivity contribution in [3.63, 3.8) is 0 Å². The average molecular weight is 342 g/mol. The molecule has 0 unspecified atom stereocenters. The van der Waals surface area contributed by atoms with Crippen molar-refractivity contribution in [1.82, 2.24) is 0 Å². The quantitative estimate of drug-likeness (QED) is 0.593. The fourth-order valence-electron chi connectivity index (χ4n) is 2.50. The van der Waals surface area contributed by atoms with Gasteiger partial charge in [-0.25, -0.2) is 0 Å². The monoisotopic (exact) mass is 342 g/mol. The van der Waals surface area contributed by atoms with Gasteiger partial charge >= 0.3 is 0 Å². The molecule has 1 aliphatic rings. The minimum Gasteiger partial charge on any atom is -0.496 e. The summed E-state index contributed by atoms with van der Waals surface area (Å²) in [5.41, 5.74) is 1.22. The minimum absolute atomic E-state index is 0.213. The molecule has 2 aromatic carbocycles. The Morgan fingerprint density at radius 2 is 1.60 bits per heavy atom. The molecule has 0 saturated heterocycles. The van der Waals surface area contributed by atoms with E-state index in [9.17, 15) is 4.79 Å². The predicted octanol–water partition coefficient (Wildman–Crippen LogP) is 3.34. The molecule has 0 saturated carbocycles. The number of ketones is 1. The lowest BCUT2D eigenvalue weighted by atomic mass is 10.1. The van der Waals surface area contributed by atoms with Gasteiger partial charge in [-0.3, -0.25) is 4.79 Å². The lowest BCUT2D eigenvalue weighted by Gasteiger charge is -2.12. The highest BCUT2D eigenvalue weighted by Crippen LogP contribution is 2.35. The molecule has 0 bridgehead atoms. The molecule has 25 heavy (non-hydrogen) atoms. The van der Waals surface area contributed by atoms with Gasteiger partial charge < -0.3 is 23.7 Å². The van der Waals surface area contributed by atoms with Gasteiger partial charge in [-0.2, -0.15) is 0 Å². The van der Waals surface area contributed by atoms with Crippen LogP contribution in [0.15, 0.2) is 36.4 Å². The van der Waals surface area contributed by atoms with Crippen molar-refractivity contribution in [2.75, 3.05) is 28.1 Å². The molecular weight excluding hydrogens is 324 g/mol. The highest BCUT2D eigenvalue weighted by Gasteiger charge is 2.16. The summed E-state index contributed by atoms with van der Waals surface area (Å²) in [6.07, 6.45) is 3.18. The molecule has 1 aliphatic heterocycles. The third-order valence-corrected chi connectivity index (χ3v) is 3.79. The zero-order valence-electron chi connectivity index (χ0n) is 14.2. The molecule has 2 aromatic rings. The Morgan fingerprint density at radius 1 is 0.920 bits per heavy atom.